The fourth-order valence-electron chi connectivity index (χ4n) is 4.28. The number of hydrogen-bond acceptors (Lipinski definition) is 7. The van der Waals surface area contributed by atoms with Crippen molar-refractivity contribution in [3.05, 3.63) is 29.4 Å². The summed E-state index contributed by atoms with van der Waals surface area (Å²) in [7, 11) is 1.57. The van der Waals surface area contributed by atoms with Crippen LogP contribution < -0.4 is 10.2 Å². The van der Waals surface area contributed by atoms with Gasteiger partial charge in [-0.1, -0.05) is 11.6 Å². The molecule has 1 aromatic carbocycles. The zero-order chi connectivity index (χ0) is 22.0. The van der Waals surface area contributed by atoms with E-state index < -0.39 is 6.10 Å². The van der Waals surface area contributed by atoms with Gasteiger partial charge in [0.05, 0.1) is 48.6 Å². The average molecular weight is 449 g/mol. The van der Waals surface area contributed by atoms with Crippen molar-refractivity contribution in [2.75, 3.05) is 63.3 Å². The SMILES string of the molecule is COCCC(=O)Nc1cc2cc(N3CCN(C4(C)COCC4O)CC3)c(Cl)cc2cn1. The van der Waals surface area contributed by atoms with Crippen LogP contribution in [-0.4, -0.2) is 85.6 Å². The highest BCUT2D eigenvalue weighted by molar-refractivity contribution is 6.34. The number of fused-ring (bicyclic) bond motifs is 1. The molecule has 0 saturated carbocycles. The molecule has 2 aliphatic heterocycles. The maximum Gasteiger partial charge on any atom is 0.227 e. The molecule has 0 bridgehead atoms. The third-order valence-electron chi connectivity index (χ3n) is 6.32. The molecule has 4 rings (SSSR count). The normalized spacial score (nSPS) is 24.6. The number of methoxy groups -OCH3 is 1. The molecule has 2 saturated heterocycles. The minimum Gasteiger partial charge on any atom is -0.389 e. The molecule has 0 radical (unpaired) electrons. The Morgan fingerprint density at radius 3 is 2.77 bits per heavy atom. The molecule has 2 aromatic rings. The third kappa shape index (κ3) is 4.63. The van der Waals surface area contributed by atoms with Crippen molar-refractivity contribution in [1.82, 2.24) is 9.88 Å². The Bertz CT molecular complexity index is 950. The number of carbonyl (C=O) groups is 1. The van der Waals surface area contributed by atoms with Crippen LogP contribution in [0.3, 0.4) is 0 Å². The van der Waals surface area contributed by atoms with E-state index in [4.69, 9.17) is 21.1 Å². The average Bonchev–Trinajstić information content (AvgIpc) is 3.11. The number of aromatic nitrogens is 1. The second-order valence-corrected chi connectivity index (χ2v) is 8.78. The van der Waals surface area contributed by atoms with Crippen LogP contribution in [0.15, 0.2) is 24.4 Å². The van der Waals surface area contributed by atoms with Crippen LogP contribution in [0.4, 0.5) is 11.5 Å². The van der Waals surface area contributed by atoms with E-state index in [0.29, 0.717) is 30.7 Å². The van der Waals surface area contributed by atoms with Gasteiger partial charge in [0.2, 0.25) is 5.91 Å². The van der Waals surface area contributed by atoms with Crippen LogP contribution in [0.1, 0.15) is 13.3 Å². The fourth-order valence-corrected chi connectivity index (χ4v) is 4.57. The molecule has 2 aliphatic rings. The number of ether oxygens (including phenoxy) is 2. The van der Waals surface area contributed by atoms with E-state index >= 15 is 0 Å². The molecule has 9 heteroatoms. The fraction of sp³-hybridized carbons (Fsp3) is 0.545. The number of halogens is 1. The molecule has 2 fully saturated rings. The number of rotatable bonds is 6. The molecule has 1 aromatic heterocycles. The van der Waals surface area contributed by atoms with Crippen molar-refractivity contribution in [3.63, 3.8) is 0 Å². The number of aliphatic hydroxyl groups is 1. The maximum atomic E-state index is 12.0. The van der Waals surface area contributed by atoms with E-state index in [1.165, 1.54) is 0 Å². The van der Waals surface area contributed by atoms with Crippen molar-refractivity contribution in [2.45, 2.75) is 25.0 Å². The lowest BCUT2D eigenvalue weighted by atomic mass is 9.95. The van der Waals surface area contributed by atoms with Crippen molar-refractivity contribution < 1.29 is 19.4 Å². The summed E-state index contributed by atoms with van der Waals surface area (Å²) in [6, 6.07) is 5.83. The number of amides is 1. The van der Waals surface area contributed by atoms with Gasteiger partial charge in [0.1, 0.15) is 5.82 Å². The molecular formula is C22H29ClN4O4. The smallest absolute Gasteiger partial charge is 0.227 e. The van der Waals surface area contributed by atoms with E-state index in [-0.39, 0.29) is 17.9 Å². The number of aliphatic hydroxyl groups excluding tert-OH is 1. The van der Waals surface area contributed by atoms with E-state index in [1.54, 1.807) is 13.3 Å². The van der Waals surface area contributed by atoms with Crippen LogP contribution in [0.25, 0.3) is 10.8 Å². The van der Waals surface area contributed by atoms with E-state index in [0.717, 1.165) is 42.6 Å². The molecule has 2 atom stereocenters. The molecule has 2 N–H and O–H groups in total. The molecule has 8 nitrogen and oxygen atoms in total. The maximum absolute atomic E-state index is 12.0. The van der Waals surface area contributed by atoms with Gasteiger partial charge >= 0.3 is 0 Å². The van der Waals surface area contributed by atoms with Gasteiger partial charge < -0.3 is 24.8 Å². The van der Waals surface area contributed by atoms with Gasteiger partial charge in [-0.25, -0.2) is 4.98 Å². The molecule has 0 aliphatic carbocycles. The highest BCUT2D eigenvalue weighted by atomic mass is 35.5. The van der Waals surface area contributed by atoms with Crippen LogP contribution in [0.5, 0.6) is 0 Å². The molecule has 168 valence electrons. The Hall–Kier alpha value is -1.97. The van der Waals surface area contributed by atoms with Crippen molar-refractivity contribution in [1.29, 1.82) is 0 Å². The largest absolute Gasteiger partial charge is 0.389 e. The lowest BCUT2D eigenvalue weighted by Gasteiger charge is -2.45. The van der Waals surface area contributed by atoms with Crippen molar-refractivity contribution in [3.8, 4) is 0 Å². The zero-order valence-corrected chi connectivity index (χ0v) is 18.7. The summed E-state index contributed by atoms with van der Waals surface area (Å²) in [6.07, 6.45) is 1.54. The topological polar surface area (TPSA) is 87.2 Å². The second-order valence-electron chi connectivity index (χ2n) is 8.37. The first kappa shape index (κ1) is 22.2. The predicted molar refractivity (Wildman–Crippen MR) is 121 cm³/mol. The zero-order valence-electron chi connectivity index (χ0n) is 17.9. The van der Waals surface area contributed by atoms with E-state index in [2.05, 4.69) is 33.1 Å². The highest BCUT2D eigenvalue weighted by Gasteiger charge is 2.44. The Morgan fingerprint density at radius 2 is 2.10 bits per heavy atom. The predicted octanol–water partition coefficient (Wildman–Crippen LogP) is 2.13. The first-order valence-electron chi connectivity index (χ1n) is 10.5. The summed E-state index contributed by atoms with van der Waals surface area (Å²) in [4.78, 5) is 20.9. The van der Waals surface area contributed by atoms with Gasteiger partial charge in [0.15, 0.2) is 0 Å². The number of nitrogens with one attached hydrogen (secondary N) is 1. The van der Waals surface area contributed by atoms with E-state index in [1.807, 2.05) is 12.1 Å². The van der Waals surface area contributed by atoms with Gasteiger partial charge in [-0.15, -0.1) is 0 Å². The van der Waals surface area contributed by atoms with Gasteiger partial charge in [0, 0.05) is 44.9 Å². The summed E-state index contributed by atoms with van der Waals surface area (Å²) < 4.78 is 10.4. The lowest BCUT2D eigenvalue weighted by molar-refractivity contribution is -0.117. The molecule has 2 unspecified atom stereocenters. The highest BCUT2D eigenvalue weighted by Crippen LogP contribution is 2.34. The Labute approximate surface area is 187 Å². The second kappa shape index (κ2) is 9.26. The van der Waals surface area contributed by atoms with Gasteiger partial charge in [-0.2, -0.15) is 0 Å². The van der Waals surface area contributed by atoms with Crippen LogP contribution in [0.2, 0.25) is 5.02 Å². The number of nitrogens with zero attached hydrogens (tertiary/aromatic N) is 3. The summed E-state index contributed by atoms with van der Waals surface area (Å²) in [6.45, 7) is 6.64. The first-order chi connectivity index (χ1) is 14.9. The molecule has 1 amide bonds. The minimum atomic E-state index is -0.465. The quantitative estimate of drug-likeness (QED) is 0.700. The molecule has 3 heterocycles. The van der Waals surface area contributed by atoms with Gasteiger partial charge in [-0.05, 0) is 30.5 Å². The van der Waals surface area contributed by atoms with Gasteiger partial charge in [-0.3, -0.25) is 9.69 Å². The Kier molecular flexibility index (Phi) is 6.64. The minimum absolute atomic E-state index is 0.134. The molecule has 0 spiro atoms. The van der Waals surface area contributed by atoms with Crippen LogP contribution in [0, 0.1) is 0 Å². The van der Waals surface area contributed by atoms with Crippen LogP contribution >= 0.6 is 11.6 Å². The Morgan fingerprint density at radius 1 is 1.32 bits per heavy atom. The summed E-state index contributed by atoms with van der Waals surface area (Å²) in [5.41, 5.74) is 0.631. The van der Waals surface area contributed by atoms with Crippen molar-refractivity contribution in [2.24, 2.45) is 0 Å². The number of carbonyl (C=O) groups excluding carboxylic acids is 1. The third-order valence-corrected chi connectivity index (χ3v) is 6.62. The monoisotopic (exact) mass is 448 g/mol. The summed E-state index contributed by atoms with van der Waals surface area (Å²) >= 11 is 6.61. The number of hydrogen-bond donors (Lipinski definition) is 2. The number of pyridine rings is 1. The lowest BCUT2D eigenvalue weighted by Crippen LogP contribution is -2.60. The van der Waals surface area contributed by atoms with Gasteiger partial charge in [0.25, 0.3) is 0 Å². The Balaban J connectivity index is 1.48. The summed E-state index contributed by atoms with van der Waals surface area (Å²) in [5.74, 6) is 0.375. The standard InChI is InChI=1S/C22H29ClN4O4/c1-22(14-31-13-19(22)28)27-6-4-26(5-7-27)18-10-15-11-20(25-21(29)3-8-30-2)24-12-16(15)9-17(18)23/h9-12,19,28H,3-8,13-14H2,1-2H3,(H,24,25,29). The molecular weight excluding hydrogens is 420 g/mol. The number of benzene rings is 1. The molecule has 31 heavy (non-hydrogen) atoms. The van der Waals surface area contributed by atoms with Crippen LogP contribution in [-0.2, 0) is 14.3 Å². The van der Waals surface area contributed by atoms with Crippen molar-refractivity contribution >= 4 is 39.8 Å². The number of anilines is 2. The van der Waals surface area contributed by atoms with E-state index in [9.17, 15) is 9.90 Å². The summed E-state index contributed by atoms with van der Waals surface area (Å²) in [5, 5.41) is 15.7. The number of piperazine rings is 1. The first-order valence-corrected chi connectivity index (χ1v) is 10.9.